The van der Waals surface area contributed by atoms with E-state index >= 15 is 0 Å². The first-order valence-corrected chi connectivity index (χ1v) is 10.5. The summed E-state index contributed by atoms with van der Waals surface area (Å²) in [7, 11) is 0. The second-order valence-electron chi connectivity index (χ2n) is 7.50. The minimum Gasteiger partial charge on any atom is -0.748 e. The molecule has 160 valence electrons. The Morgan fingerprint density at radius 2 is 2.31 bits per heavy atom. The van der Waals surface area contributed by atoms with Crippen molar-refractivity contribution in [3.63, 3.8) is 0 Å². The fourth-order valence-corrected chi connectivity index (χ4v) is 4.51. The fraction of sp³-hybridized carbons (Fsp3) is 0.688. The molecule has 3 aliphatic rings. The van der Waals surface area contributed by atoms with Crippen molar-refractivity contribution in [3.8, 4) is 0 Å². The molecule has 0 aliphatic carbocycles. The Labute approximate surface area is 169 Å². The summed E-state index contributed by atoms with van der Waals surface area (Å²) in [5.74, 6) is 0.0160. The van der Waals surface area contributed by atoms with E-state index in [1.807, 2.05) is 16.9 Å². The van der Waals surface area contributed by atoms with Gasteiger partial charge in [-0.05, 0) is 31.2 Å². The van der Waals surface area contributed by atoms with Crippen molar-refractivity contribution in [2.45, 2.75) is 43.9 Å². The average molecular weight is 427 g/mol. The quantitative estimate of drug-likeness (QED) is 0.394. The molecule has 0 radical (unpaired) electrons. The molecule has 3 fully saturated rings. The van der Waals surface area contributed by atoms with Gasteiger partial charge >= 0.3 is 6.03 Å². The zero-order valence-corrected chi connectivity index (χ0v) is 16.5. The molecule has 3 saturated heterocycles. The summed E-state index contributed by atoms with van der Waals surface area (Å²) in [6.45, 7) is 2.24. The van der Waals surface area contributed by atoms with Gasteiger partial charge in [-0.3, -0.25) is 14.3 Å². The highest BCUT2D eigenvalue weighted by atomic mass is 32.2. The first-order chi connectivity index (χ1) is 14.0. The molecule has 2 N–H and O–H groups in total. The van der Waals surface area contributed by atoms with E-state index in [-0.39, 0.29) is 18.6 Å². The normalized spacial score (nSPS) is 30.0. The number of urea groups is 1. The summed E-state index contributed by atoms with van der Waals surface area (Å²) in [5.41, 5.74) is 2.43. The molecule has 3 unspecified atom stereocenters. The summed E-state index contributed by atoms with van der Waals surface area (Å²) in [4.78, 5) is 31.5. The number of hydrogen-bond acceptors (Lipinski definition) is 8. The minimum atomic E-state index is -2.84. The van der Waals surface area contributed by atoms with Crippen LogP contribution in [0.5, 0.6) is 0 Å². The first-order valence-electron chi connectivity index (χ1n) is 9.51. The van der Waals surface area contributed by atoms with Gasteiger partial charge < -0.3 is 14.8 Å². The van der Waals surface area contributed by atoms with Crippen LogP contribution in [-0.4, -0.2) is 78.3 Å². The van der Waals surface area contributed by atoms with Crippen molar-refractivity contribution in [2.24, 2.45) is 5.92 Å². The Balaban J connectivity index is 1.20. The van der Waals surface area contributed by atoms with Crippen LogP contribution in [0.1, 0.15) is 19.3 Å². The van der Waals surface area contributed by atoms with Gasteiger partial charge in [-0.2, -0.15) is 14.4 Å². The predicted molar refractivity (Wildman–Crippen MR) is 97.0 cm³/mol. The van der Waals surface area contributed by atoms with Crippen LogP contribution in [0.2, 0.25) is 0 Å². The minimum absolute atomic E-state index is 0.121. The van der Waals surface area contributed by atoms with Gasteiger partial charge in [-0.25, -0.2) is 14.5 Å². The van der Waals surface area contributed by atoms with Gasteiger partial charge in [-0.1, -0.05) is 0 Å². The fourth-order valence-electron chi connectivity index (χ4n) is 4.19. The van der Waals surface area contributed by atoms with E-state index in [1.54, 1.807) is 6.20 Å². The molecule has 4 rings (SSSR count). The van der Waals surface area contributed by atoms with Crippen molar-refractivity contribution in [2.75, 3.05) is 19.7 Å². The van der Waals surface area contributed by atoms with E-state index in [1.165, 1.54) is 4.90 Å². The SMILES string of the molecule is O=C(NOC[C@H]1C[C@@H](Cn2cccn2)CN1)C1CCC2CN1C(=O)N2OS(=O)[O-]. The predicted octanol–water partition coefficient (Wildman–Crippen LogP) is -1.10. The molecule has 0 saturated carbocycles. The number of carbonyl (C=O) groups excluding carboxylic acids is 2. The van der Waals surface area contributed by atoms with Gasteiger partial charge in [-0.15, -0.1) is 0 Å². The third kappa shape index (κ3) is 4.59. The van der Waals surface area contributed by atoms with Gasteiger partial charge in [0.2, 0.25) is 0 Å². The molecular weight excluding hydrogens is 404 g/mol. The van der Waals surface area contributed by atoms with E-state index < -0.39 is 29.3 Å². The number of piperidine rings is 1. The number of nitrogens with zero attached hydrogens (tertiary/aromatic N) is 4. The molecule has 29 heavy (non-hydrogen) atoms. The number of fused-ring (bicyclic) bond motifs is 2. The van der Waals surface area contributed by atoms with Gasteiger partial charge in [0.25, 0.3) is 5.91 Å². The van der Waals surface area contributed by atoms with Crippen LogP contribution in [-0.2, 0) is 31.8 Å². The van der Waals surface area contributed by atoms with E-state index in [9.17, 15) is 18.4 Å². The number of carbonyl (C=O) groups is 2. The summed E-state index contributed by atoms with van der Waals surface area (Å²) in [6.07, 6.45) is 5.47. The lowest BCUT2D eigenvalue weighted by molar-refractivity contribution is -0.139. The summed E-state index contributed by atoms with van der Waals surface area (Å²) < 4.78 is 27.9. The Morgan fingerprint density at radius 3 is 3.07 bits per heavy atom. The molecule has 4 heterocycles. The molecule has 13 heteroatoms. The van der Waals surface area contributed by atoms with Crippen LogP contribution in [0.3, 0.4) is 0 Å². The number of hydroxylamine groups is 3. The molecule has 2 bridgehead atoms. The highest BCUT2D eigenvalue weighted by Crippen LogP contribution is 2.30. The van der Waals surface area contributed by atoms with Crippen molar-refractivity contribution in [1.29, 1.82) is 0 Å². The highest BCUT2D eigenvalue weighted by molar-refractivity contribution is 7.74. The Morgan fingerprint density at radius 1 is 1.45 bits per heavy atom. The topological polar surface area (TPSA) is 141 Å². The van der Waals surface area contributed by atoms with Crippen LogP contribution in [0.4, 0.5) is 4.79 Å². The van der Waals surface area contributed by atoms with E-state index in [0.717, 1.165) is 24.6 Å². The van der Waals surface area contributed by atoms with Crippen LogP contribution >= 0.6 is 0 Å². The largest absolute Gasteiger partial charge is 0.748 e. The molecule has 12 nitrogen and oxygen atoms in total. The lowest BCUT2D eigenvalue weighted by Crippen LogP contribution is -2.50. The molecule has 1 aromatic heterocycles. The molecule has 3 aliphatic heterocycles. The Hall–Kier alpha value is -2.06. The van der Waals surface area contributed by atoms with E-state index in [2.05, 4.69) is 20.2 Å². The standard InChI is InChI=1S/C16H24N6O6S/c23-15(14-3-2-13-9-21(14)16(24)22(13)28-29(25)26)19-27-10-12-6-11(7-17-12)8-20-5-1-4-18-20/h1,4-5,11-14,17H,2-3,6-10H2,(H,19,23)(H,25,26)/p-1/t11-,12-,13?,14?/m1/s1. The average Bonchev–Trinajstić information content (AvgIpc) is 3.41. The number of nitrogens with one attached hydrogen (secondary N) is 2. The molecular formula is C16H23N6O6S-. The van der Waals surface area contributed by atoms with Crippen molar-refractivity contribution >= 4 is 23.3 Å². The summed E-state index contributed by atoms with van der Waals surface area (Å²) in [6, 6.07) is 0.297. The van der Waals surface area contributed by atoms with Crippen molar-refractivity contribution < 1.29 is 27.5 Å². The molecule has 1 aromatic rings. The van der Waals surface area contributed by atoms with Crippen LogP contribution in [0, 0.1) is 5.92 Å². The molecule has 5 atom stereocenters. The molecule has 3 amide bonds. The number of rotatable bonds is 8. The molecule has 0 aromatic carbocycles. The number of hydrogen-bond donors (Lipinski definition) is 2. The van der Waals surface area contributed by atoms with Gasteiger partial charge in [0.05, 0.1) is 12.6 Å². The highest BCUT2D eigenvalue weighted by Gasteiger charge is 2.48. The van der Waals surface area contributed by atoms with Crippen LogP contribution < -0.4 is 10.8 Å². The Kier molecular flexibility index (Phi) is 6.10. The zero-order chi connectivity index (χ0) is 20.4. The second kappa shape index (κ2) is 8.75. The van der Waals surface area contributed by atoms with Gasteiger partial charge in [0.15, 0.2) is 0 Å². The number of amides is 3. The molecule has 0 spiro atoms. The lowest BCUT2D eigenvalue weighted by atomic mass is 10.0. The summed E-state index contributed by atoms with van der Waals surface area (Å²) in [5, 5.41) is 8.39. The van der Waals surface area contributed by atoms with Crippen LogP contribution in [0.15, 0.2) is 18.5 Å². The van der Waals surface area contributed by atoms with Crippen molar-refractivity contribution in [1.82, 2.24) is 30.5 Å². The van der Waals surface area contributed by atoms with E-state index in [4.69, 9.17) is 4.84 Å². The monoisotopic (exact) mass is 427 g/mol. The van der Waals surface area contributed by atoms with Gasteiger partial charge in [0, 0.05) is 38.1 Å². The van der Waals surface area contributed by atoms with Gasteiger partial charge in [0.1, 0.15) is 17.4 Å². The lowest BCUT2D eigenvalue weighted by Gasteiger charge is -2.29. The van der Waals surface area contributed by atoms with E-state index in [0.29, 0.717) is 25.4 Å². The number of aromatic nitrogens is 2. The maximum absolute atomic E-state index is 12.5. The van der Waals surface area contributed by atoms with Crippen LogP contribution in [0.25, 0.3) is 0 Å². The summed E-state index contributed by atoms with van der Waals surface area (Å²) >= 11 is -2.84. The Bertz CT molecular complexity index is 763. The zero-order valence-electron chi connectivity index (χ0n) is 15.6. The smallest absolute Gasteiger partial charge is 0.346 e. The third-order valence-corrected chi connectivity index (χ3v) is 5.82. The third-order valence-electron chi connectivity index (χ3n) is 5.54. The maximum Gasteiger partial charge on any atom is 0.346 e. The first kappa shape index (κ1) is 20.2. The maximum atomic E-state index is 12.5. The van der Waals surface area contributed by atoms with Crippen molar-refractivity contribution in [3.05, 3.63) is 18.5 Å². The second-order valence-corrected chi connectivity index (χ2v) is 8.06.